The molecule has 1 aromatic rings. The fraction of sp³-hybridized carbons (Fsp3) is 0.571. The number of halogens is 2. The van der Waals surface area contributed by atoms with Gasteiger partial charge in [-0.05, 0) is 54.7 Å². The predicted molar refractivity (Wildman–Crippen MR) is 69.3 cm³/mol. The lowest BCUT2D eigenvalue weighted by Gasteiger charge is -2.42. The van der Waals surface area contributed by atoms with Crippen molar-refractivity contribution in [2.75, 3.05) is 0 Å². The van der Waals surface area contributed by atoms with Gasteiger partial charge in [-0.3, -0.25) is 0 Å². The van der Waals surface area contributed by atoms with Crippen LogP contribution in [0.1, 0.15) is 43.6 Å². The minimum atomic E-state index is 0.673. The molecule has 3 saturated carbocycles. The van der Waals surface area contributed by atoms with Crippen molar-refractivity contribution in [3.63, 3.8) is 0 Å². The average molecular weight is 255 g/mol. The van der Waals surface area contributed by atoms with Gasteiger partial charge in [-0.15, -0.1) is 0 Å². The molecule has 16 heavy (non-hydrogen) atoms. The molecule has 0 spiro atoms. The van der Waals surface area contributed by atoms with Crippen molar-refractivity contribution in [1.82, 2.24) is 0 Å². The molecular weight excluding hydrogens is 239 g/mol. The van der Waals surface area contributed by atoms with E-state index in [-0.39, 0.29) is 0 Å². The zero-order valence-corrected chi connectivity index (χ0v) is 10.8. The molecule has 1 atom stereocenters. The Morgan fingerprint density at radius 3 is 2.25 bits per heavy atom. The van der Waals surface area contributed by atoms with Crippen LogP contribution in [0.2, 0.25) is 10.0 Å². The van der Waals surface area contributed by atoms with Crippen LogP contribution in [0.15, 0.2) is 18.2 Å². The normalized spacial score (nSPS) is 33.0. The topological polar surface area (TPSA) is 0 Å². The molecule has 0 N–H and O–H groups in total. The summed E-state index contributed by atoms with van der Waals surface area (Å²) in [6.07, 6.45) is 7.08. The van der Waals surface area contributed by atoms with Crippen LogP contribution >= 0.6 is 23.2 Å². The third kappa shape index (κ3) is 1.87. The second-order valence-corrected chi connectivity index (χ2v) is 6.11. The van der Waals surface area contributed by atoms with Gasteiger partial charge in [0.2, 0.25) is 0 Å². The molecule has 0 amide bonds. The maximum Gasteiger partial charge on any atom is 0.0595 e. The second kappa shape index (κ2) is 4.23. The summed E-state index contributed by atoms with van der Waals surface area (Å²) in [5, 5.41) is 1.38. The minimum absolute atomic E-state index is 0.673. The number of rotatable bonds is 1. The van der Waals surface area contributed by atoms with E-state index >= 15 is 0 Å². The summed E-state index contributed by atoms with van der Waals surface area (Å²) in [5.41, 5.74) is 1.41. The van der Waals surface area contributed by atoms with Gasteiger partial charge in [-0.25, -0.2) is 0 Å². The van der Waals surface area contributed by atoms with Gasteiger partial charge >= 0.3 is 0 Å². The molecule has 0 radical (unpaired) electrons. The summed E-state index contributed by atoms with van der Waals surface area (Å²) in [5.74, 6) is 2.59. The van der Waals surface area contributed by atoms with Gasteiger partial charge in [0.05, 0.1) is 10.0 Å². The van der Waals surface area contributed by atoms with Crippen LogP contribution < -0.4 is 0 Å². The molecule has 2 bridgehead atoms. The maximum atomic E-state index is 6.10. The van der Waals surface area contributed by atoms with Gasteiger partial charge in [0.25, 0.3) is 0 Å². The first-order chi connectivity index (χ1) is 7.74. The Bertz CT molecular complexity index is 392. The molecule has 0 heterocycles. The van der Waals surface area contributed by atoms with Crippen LogP contribution in [0.5, 0.6) is 0 Å². The zero-order chi connectivity index (χ0) is 11.1. The lowest BCUT2D eigenvalue weighted by Crippen LogP contribution is -2.29. The first-order valence-corrected chi connectivity index (χ1v) is 6.94. The zero-order valence-electron chi connectivity index (χ0n) is 9.26. The summed E-state index contributed by atoms with van der Waals surface area (Å²) < 4.78 is 0. The van der Waals surface area contributed by atoms with E-state index in [1.54, 1.807) is 0 Å². The van der Waals surface area contributed by atoms with Crippen molar-refractivity contribution in [2.24, 2.45) is 11.8 Å². The second-order valence-electron chi connectivity index (χ2n) is 5.30. The Labute approximate surface area is 107 Å². The molecule has 0 saturated heterocycles. The molecule has 3 fully saturated rings. The molecule has 2 heteroatoms. The molecule has 1 unspecified atom stereocenters. The molecule has 3 aliphatic carbocycles. The molecular formula is C14H16Cl2. The molecule has 4 rings (SSSR count). The summed E-state index contributed by atoms with van der Waals surface area (Å²) in [4.78, 5) is 0. The Morgan fingerprint density at radius 2 is 1.69 bits per heavy atom. The van der Waals surface area contributed by atoms with Crippen LogP contribution in [-0.2, 0) is 0 Å². The van der Waals surface area contributed by atoms with Crippen molar-refractivity contribution >= 4 is 23.2 Å². The maximum absolute atomic E-state index is 6.10. The highest BCUT2D eigenvalue weighted by Crippen LogP contribution is 2.50. The van der Waals surface area contributed by atoms with E-state index in [1.165, 1.54) is 37.7 Å². The van der Waals surface area contributed by atoms with Gasteiger partial charge in [0.1, 0.15) is 0 Å². The van der Waals surface area contributed by atoms with Crippen LogP contribution in [-0.4, -0.2) is 0 Å². The van der Waals surface area contributed by atoms with Gasteiger partial charge in [0.15, 0.2) is 0 Å². The van der Waals surface area contributed by atoms with Gasteiger partial charge in [-0.1, -0.05) is 42.1 Å². The van der Waals surface area contributed by atoms with E-state index in [4.69, 9.17) is 23.2 Å². The Morgan fingerprint density at radius 1 is 0.938 bits per heavy atom. The third-order valence-corrected chi connectivity index (χ3v) is 5.16. The van der Waals surface area contributed by atoms with Crippen LogP contribution in [0, 0.1) is 11.8 Å². The molecule has 86 valence electrons. The molecule has 0 aromatic heterocycles. The van der Waals surface area contributed by atoms with Crippen molar-refractivity contribution in [3.05, 3.63) is 33.8 Å². The van der Waals surface area contributed by atoms with Gasteiger partial charge in [-0.2, -0.15) is 0 Å². The van der Waals surface area contributed by atoms with E-state index < -0.39 is 0 Å². The van der Waals surface area contributed by atoms with Crippen molar-refractivity contribution in [2.45, 2.75) is 38.0 Å². The van der Waals surface area contributed by atoms with E-state index in [9.17, 15) is 0 Å². The fourth-order valence-corrected chi connectivity index (χ4v) is 3.84. The van der Waals surface area contributed by atoms with E-state index in [0.717, 1.165) is 17.8 Å². The van der Waals surface area contributed by atoms with Gasteiger partial charge < -0.3 is 0 Å². The van der Waals surface area contributed by atoms with Crippen molar-refractivity contribution < 1.29 is 0 Å². The summed E-state index contributed by atoms with van der Waals surface area (Å²) in [6.45, 7) is 0. The van der Waals surface area contributed by atoms with Crippen molar-refractivity contribution in [1.29, 1.82) is 0 Å². The third-order valence-electron chi connectivity index (χ3n) is 4.42. The highest BCUT2D eigenvalue weighted by Gasteiger charge is 2.36. The Kier molecular flexibility index (Phi) is 2.89. The number of hydrogen-bond acceptors (Lipinski definition) is 0. The predicted octanol–water partition coefficient (Wildman–Crippen LogP) is 5.29. The monoisotopic (exact) mass is 254 g/mol. The first kappa shape index (κ1) is 10.9. The standard InChI is InChI=1S/C14H16Cl2/c15-13-6-5-11(8-14(13)16)12-7-9-1-3-10(12)4-2-9/h5-6,8-10,12H,1-4,7H2. The lowest BCUT2D eigenvalue weighted by atomic mass is 9.63. The molecule has 0 nitrogen and oxygen atoms in total. The Hall–Kier alpha value is -0.200. The summed E-state index contributed by atoms with van der Waals surface area (Å²) in [6, 6.07) is 6.19. The quantitative estimate of drug-likeness (QED) is 0.639. The molecule has 3 aliphatic rings. The van der Waals surface area contributed by atoms with Crippen LogP contribution in [0.3, 0.4) is 0 Å². The van der Waals surface area contributed by atoms with E-state index in [1.807, 2.05) is 6.07 Å². The minimum Gasteiger partial charge on any atom is -0.0827 e. The van der Waals surface area contributed by atoms with Crippen LogP contribution in [0.4, 0.5) is 0 Å². The smallest absolute Gasteiger partial charge is 0.0595 e. The number of hydrogen-bond donors (Lipinski definition) is 0. The lowest BCUT2D eigenvalue weighted by molar-refractivity contribution is 0.145. The van der Waals surface area contributed by atoms with E-state index in [0.29, 0.717) is 10.0 Å². The average Bonchev–Trinajstić information content (AvgIpc) is 2.34. The molecule has 1 aromatic carbocycles. The highest BCUT2D eigenvalue weighted by atomic mass is 35.5. The fourth-order valence-electron chi connectivity index (χ4n) is 3.53. The summed E-state index contributed by atoms with van der Waals surface area (Å²) in [7, 11) is 0. The molecule has 0 aliphatic heterocycles. The SMILES string of the molecule is Clc1ccc(C2CC3CCC2CC3)cc1Cl. The van der Waals surface area contributed by atoms with Crippen molar-refractivity contribution in [3.8, 4) is 0 Å². The highest BCUT2D eigenvalue weighted by molar-refractivity contribution is 6.42. The first-order valence-electron chi connectivity index (χ1n) is 6.19. The number of fused-ring (bicyclic) bond motifs is 3. The van der Waals surface area contributed by atoms with Gasteiger partial charge in [0, 0.05) is 0 Å². The number of benzene rings is 1. The largest absolute Gasteiger partial charge is 0.0827 e. The van der Waals surface area contributed by atoms with Crippen LogP contribution in [0.25, 0.3) is 0 Å². The Balaban J connectivity index is 1.89. The summed E-state index contributed by atoms with van der Waals surface area (Å²) >= 11 is 12.1. The van der Waals surface area contributed by atoms with E-state index in [2.05, 4.69) is 12.1 Å².